The number of hydrogen-bond donors (Lipinski definition) is 0. The van der Waals surface area contributed by atoms with Crippen LogP contribution in [0.4, 0.5) is 4.39 Å². The molecule has 5 rings (SSSR count). The predicted octanol–water partition coefficient (Wildman–Crippen LogP) is 0.963. The standard InChI is InChI=1S/C24H26ClFN4O6S/c1-27(37(2,35)36)9-10-29-21(14-4-5-14)30-19(23(29)33)15-7-8-28(22(32)18(15)20(31)24(30)34)12-13-3-6-17(26)16(25)11-13/h3,6,11,14,18,21H,4-5,7-10,12H2,1-2H3. The van der Waals surface area contributed by atoms with Crippen LogP contribution in [-0.2, 0) is 35.7 Å². The van der Waals surface area contributed by atoms with Gasteiger partial charge in [0.05, 0.1) is 11.3 Å². The molecule has 10 nitrogen and oxygen atoms in total. The summed E-state index contributed by atoms with van der Waals surface area (Å²) in [7, 11) is -2.07. The van der Waals surface area contributed by atoms with Gasteiger partial charge in [-0.3, -0.25) is 24.1 Å². The quantitative estimate of drug-likeness (QED) is 0.368. The fraction of sp³-hybridized carbons (Fsp3) is 0.500. The fourth-order valence-electron chi connectivity index (χ4n) is 5.28. The van der Waals surface area contributed by atoms with Gasteiger partial charge in [0.25, 0.3) is 11.8 Å². The van der Waals surface area contributed by atoms with E-state index in [2.05, 4.69) is 0 Å². The number of ketones is 1. The van der Waals surface area contributed by atoms with Gasteiger partial charge >= 0.3 is 0 Å². The average Bonchev–Trinajstić information content (AvgIpc) is 3.63. The molecule has 198 valence electrons. The van der Waals surface area contributed by atoms with Gasteiger partial charge in [-0.1, -0.05) is 17.7 Å². The number of halogens is 2. The van der Waals surface area contributed by atoms with E-state index in [0.717, 1.165) is 23.4 Å². The first-order valence-corrected chi connectivity index (χ1v) is 14.2. The first-order valence-electron chi connectivity index (χ1n) is 12.0. The highest BCUT2D eigenvalue weighted by Gasteiger charge is 2.59. The zero-order valence-electron chi connectivity index (χ0n) is 20.3. The summed E-state index contributed by atoms with van der Waals surface area (Å²) in [5.74, 6) is -4.81. The molecule has 1 saturated carbocycles. The van der Waals surface area contributed by atoms with Gasteiger partial charge in [-0.25, -0.2) is 17.1 Å². The van der Waals surface area contributed by atoms with E-state index < -0.39 is 51.4 Å². The van der Waals surface area contributed by atoms with Crippen molar-refractivity contribution in [1.29, 1.82) is 0 Å². The van der Waals surface area contributed by atoms with E-state index >= 15 is 0 Å². The molecular weight excluding hydrogens is 527 g/mol. The summed E-state index contributed by atoms with van der Waals surface area (Å²) in [5, 5.41) is -0.0893. The van der Waals surface area contributed by atoms with Crippen LogP contribution in [-0.4, -0.2) is 90.0 Å². The van der Waals surface area contributed by atoms with Gasteiger partial charge in [0, 0.05) is 33.2 Å². The van der Waals surface area contributed by atoms with Gasteiger partial charge in [0.2, 0.25) is 21.7 Å². The lowest BCUT2D eigenvalue weighted by molar-refractivity contribution is -0.154. The van der Waals surface area contributed by atoms with Crippen LogP contribution in [0.15, 0.2) is 29.5 Å². The smallest absolute Gasteiger partial charge is 0.297 e. The van der Waals surface area contributed by atoms with Crippen molar-refractivity contribution in [3.05, 3.63) is 45.9 Å². The SMILES string of the molecule is CN(CCN1C(=O)C2=C3CCN(Cc4ccc(F)c(Cl)c4)C(=O)C3C(=O)C(=O)N2C1C1CC1)S(C)(=O)=O. The highest BCUT2D eigenvalue weighted by atomic mass is 35.5. The highest BCUT2D eigenvalue weighted by molar-refractivity contribution is 7.88. The molecule has 13 heteroatoms. The molecule has 2 unspecified atom stereocenters. The molecule has 1 aromatic rings. The Hall–Kier alpha value is -2.83. The van der Waals surface area contributed by atoms with Crippen LogP contribution in [0, 0.1) is 17.7 Å². The largest absolute Gasteiger partial charge is 0.337 e. The van der Waals surface area contributed by atoms with Crippen LogP contribution in [0.1, 0.15) is 24.8 Å². The third-order valence-electron chi connectivity index (χ3n) is 7.47. The average molecular weight is 553 g/mol. The highest BCUT2D eigenvalue weighted by Crippen LogP contribution is 2.47. The second-order valence-electron chi connectivity index (χ2n) is 9.94. The zero-order valence-corrected chi connectivity index (χ0v) is 21.9. The summed E-state index contributed by atoms with van der Waals surface area (Å²) in [6.07, 6.45) is 2.16. The summed E-state index contributed by atoms with van der Waals surface area (Å²) in [5.41, 5.74) is 0.975. The Bertz CT molecular complexity index is 1360. The van der Waals surface area contributed by atoms with Gasteiger partial charge < -0.3 is 9.80 Å². The number of carbonyl (C=O) groups excluding carboxylic acids is 4. The monoisotopic (exact) mass is 552 g/mol. The van der Waals surface area contributed by atoms with Crippen molar-refractivity contribution in [2.75, 3.05) is 32.9 Å². The van der Waals surface area contributed by atoms with E-state index in [-0.39, 0.29) is 49.2 Å². The van der Waals surface area contributed by atoms with Crippen LogP contribution in [0.3, 0.4) is 0 Å². The maximum atomic E-state index is 13.6. The van der Waals surface area contributed by atoms with Crippen molar-refractivity contribution < 1.29 is 32.0 Å². The van der Waals surface area contributed by atoms with Crippen LogP contribution in [0.5, 0.6) is 0 Å². The van der Waals surface area contributed by atoms with Gasteiger partial charge in [0.15, 0.2) is 0 Å². The number of carbonyl (C=O) groups is 4. The van der Waals surface area contributed by atoms with Crippen molar-refractivity contribution >= 4 is 45.1 Å². The Morgan fingerprint density at radius 3 is 2.46 bits per heavy atom. The van der Waals surface area contributed by atoms with Gasteiger partial charge in [0.1, 0.15) is 23.6 Å². The number of likely N-dealkylation sites (N-methyl/N-ethyl adjacent to an activating group) is 1. The summed E-state index contributed by atoms with van der Waals surface area (Å²) in [6.45, 7) is 0.361. The molecule has 2 saturated heterocycles. The van der Waals surface area contributed by atoms with E-state index in [0.29, 0.717) is 11.1 Å². The number of benzene rings is 1. The molecule has 4 aliphatic rings. The first kappa shape index (κ1) is 25.8. The molecule has 3 fully saturated rings. The number of amides is 3. The number of nitrogens with zero attached hydrogens (tertiary/aromatic N) is 4. The van der Waals surface area contributed by atoms with Gasteiger partial charge in [-0.05, 0) is 48.4 Å². The molecule has 0 bridgehead atoms. The number of sulfonamides is 1. The summed E-state index contributed by atoms with van der Waals surface area (Å²) >= 11 is 5.86. The lowest BCUT2D eigenvalue weighted by Gasteiger charge is -2.39. The molecular formula is C24H26ClFN4O6S. The molecule has 0 N–H and O–H groups in total. The number of fused-ring (bicyclic) bond motifs is 2. The molecule has 3 amide bonds. The van der Waals surface area contributed by atoms with E-state index in [9.17, 15) is 32.0 Å². The van der Waals surface area contributed by atoms with Crippen LogP contribution < -0.4 is 0 Å². The summed E-state index contributed by atoms with van der Waals surface area (Å²) < 4.78 is 38.4. The third kappa shape index (κ3) is 4.44. The minimum atomic E-state index is -3.47. The molecule has 1 aliphatic carbocycles. The normalized spacial score (nSPS) is 24.4. The Morgan fingerprint density at radius 2 is 1.84 bits per heavy atom. The van der Waals surface area contributed by atoms with Crippen molar-refractivity contribution in [2.45, 2.75) is 32.0 Å². The van der Waals surface area contributed by atoms with E-state index in [1.807, 2.05) is 0 Å². The lowest BCUT2D eigenvalue weighted by atomic mass is 9.82. The molecule has 0 aromatic heterocycles. The first-order chi connectivity index (χ1) is 17.4. The molecule has 3 aliphatic heterocycles. The summed E-state index contributed by atoms with van der Waals surface area (Å²) in [6, 6.07) is 4.09. The van der Waals surface area contributed by atoms with Crippen molar-refractivity contribution in [3.63, 3.8) is 0 Å². The Kier molecular flexibility index (Phi) is 6.40. The number of likely N-dealkylation sites (tertiary alicyclic amines) is 1. The number of hydrogen-bond acceptors (Lipinski definition) is 6. The van der Waals surface area contributed by atoms with Crippen LogP contribution in [0.2, 0.25) is 5.02 Å². The topological polar surface area (TPSA) is 115 Å². The minimum Gasteiger partial charge on any atom is -0.337 e. The van der Waals surface area contributed by atoms with E-state index in [4.69, 9.17) is 11.6 Å². The Balaban J connectivity index is 1.45. The van der Waals surface area contributed by atoms with Crippen molar-refractivity contribution in [3.8, 4) is 0 Å². The second kappa shape index (κ2) is 9.17. The number of rotatable bonds is 7. The number of Topliss-reactive ketones (excluding diaryl/α,β-unsaturated/α-hetero) is 1. The van der Waals surface area contributed by atoms with Crippen molar-refractivity contribution in [1.82, 2.24) is 19.0 Å². The number of piperidine rings is 1. The maximum Gasteiger partial charge on any atom is 0.297 e. The van der Waals surface area contributed by atoms with E-state index in [1.165, 1.54) is 39.9 Å². The van der Waals surface area contributed by atoms with Crippen LogP contribution in [0.25, 0.3) is 0 Å². The third-order valence-corrected chi connectivity index (χ3v) is 9.07. The molecule has 1 aromatic carbocycles. The second-order valence-corrected chi connectivity index (χ2v) is 12.4. The predicted molar refractivity (Wildman–Crippen MR) is 130 cm³/mol. The Morgan fingerprint density at radius 1 is 1.14 bits per heavy atom. The molecule has 0 radical (unpaired) electrons. The lowest BCUT2D eigenvalue weighted by Crippen LogP contribution is -2.55. The van der Waals surface area contributed by atoms with E-state index in [1.54, 1.807) is 0 Å². The van der Waals surface area contributed by atoms with Crippen LogP contribution >= 0.6 is 11.6 Å². The van der Waals surface area contributed by atoms with Crippen molar-refractivity contribution in [2.24, 2.45) is 11.8 Å². The molecule has 0 spiro atoms. The summed E-state index contributed by atoms with van der Waals surface area (Å²) in [4.78, 5) is 57.7. The molecule has 2 atom stereocenters. The van der Waals surface area contributed by atoms with Gasteiger partial charge in [-0.2, -0.15) is 0 Å². The van der Waals surface area contributed by atoms with Gasteiger partial charge in [-0.15, -0.1) is 0 Å². The molecule has 37 heavy (non-hydrogen) atoms. The zero-order chi connectivity index (χ0) is 26.8. The maximum absolute atomic E-state index is 13.6. The fourth-order valence-corrected chi connectivity index (χ4v) is 5.89. The Labute approximate surface area is 218 Å². The minimum absolute atomic E-state index is 0.0158. The molecule has 3 heterocycles.